The first-order chi connectivity index (χ1) is 8.34. The van der Waals surface area contributed by atoms with E-state index in [9.17, 15) is 9.90 Å². The molecule has 1 unspecified atom stereocenters. The SMILES string of the molecule is CCC(O)CNC(=O)c1ccc(C(C)(C)C)cc1. The molecule has 100 valence electrons. The summed E-state index contributed by atoms with van der Waals surface area (Å²) in [5.41, 5.74) is 1.92. The molecular weight excluding hydrogens is 226 g/mol. The van der Waals surface area contributed by atoms with Crippen molar-refractivity contribution >= 4 is 5.91 Å². The quantitative estimate of drug-likeness (QED) is 0.861. The van der Waals surface area contributed by atoms with Gasteiger partial charge in [0.1, 0.15) is 0 Å². The molecule has 0 aromatic heterocycles. The summed E-state index contributed by atoms with van der Waals surface area (Å²) >= 11 is 0. The van der Waals surface area contributed by atoms with Gasteiger partial charge >= 0.3 is 0 Å². The predicted octanol–water partition coefficient (Wildman–Crippen LogP) is 2.48. The number of rotatable bonds is 4. The molecule has 3 nitrogen and oxygen atoms in total. The molecule has 0 heterocycles. The van der Waals surface area contributed by atoms with Crippen molar-refractivity contribution in [2.45, 2.75) is 45.6 Å². The van der Waals surface area contributed by atoms with Gasteiger partial charge in [0.05, 0.1) is 6.10 Å². The van der Waals surface area contributed by atoms with Gasteiger partial charge in [0, 0.05) is 12.1 Å². The zero-order chi connectivity index (χ0) is 13.8. The number of aliphatic hydroxyl groups is 1. The molecule has 1 aromatic carbocycles. The van der Waals surface area contributed by atoms with Crippen LogP contribution < -0.4 is 5.32 Å². The Morgan fingerprint density at radius 1 is 1.28 bits per heavy atom. The van der Waals surface area contributed by atoms with Gasteiger partial charge in [0.15, 0.2) is 0 Å². The Morgan fingerprint density at radius 3 is 2.28 bits per heavy atom. The van der Waals surface area contributed by atoms with Crippen LogP contribution in [0.4, 0.5) is 0 Å². The minimum atomic E-state index is -0.470. The summed E-state index contributed by atoms with van der Waals surface area (Å²) in [5, 5.41) is 12.1. The van der Waals surface area contributed by atoms with Crippen LogP contribution in [0.15, 0.2) is 24.3 Å². The highest BCUT2D eigenvalue weighted by atomic mass is 16.3. The van der Waals surface area contributed by atoms with Crippen LogP contribution in [-0.4, -0.2) is 23.7 Å². The lowest BCUT2D eigenvalue weighted by molar-refractivity contribution is 0.0914. The van der Waals surface area contributed by atoms with Gasteiger partial charge in [0.25, 0.3) is 5.91 Å². The molecule has 1 aromatic rings. The van der Waals surface area contributed by atoms with Crippen molar-refractivity contribution in [1.82, 2.24) is 5.32 Å². The van der Waals surface area contributed by atoms with Crippen molar-refractivity contribution in [3.63, 3.8) is 0 Å². The van der Waals surface area contributed by atoms with E-state index in [1.165, 1.54) is 5.56 Å². The van der Waals surface area contributed by atoms with Crippen molar-refractivity contribution in [2.75, 3.05) is 6.54 Å². The summed E-state index contributed by atoms with van der Waals surface area (Å²) in [6.45, 7) is 8.60. The fourth-order valence-electron chi connectivity index (χ4n) is 1.58. The fourth-order valence-corrected chi connectivity index (χ4v) is 1.58. The minimum Gasteiger partial charge on any atom is -0.391 e. The Bertz CT molecular complexity index is 390. The third-order valence-electron chi connectivity index (χ3n) is 2.98. The molecule has 2 N–H and O–H groups in total. The fraction of sp³-hybridized carbons (Fsp3) is 0.533. The van der Waals surface area contributed by atoms with E-state index >= 15 is 0 Å². The third-order valence-corrected chi connectivity index (χ3v) is 2.98. The van der Waals surface area contributed by atoms with Crippen LogP contribution >= 0.6 is 0 Å². The molecule has 0 bridgehead atoms. The maximum absolute atomic E-state index is 11.8. The van der Waals surface area contributed by atoms with Crippen LogP contribution in [0.25, 0.3) is 0 Å². The topological polar surface area (TPSA) is 49.3 Å². The van der Waals surface area contributed by atoms with Crippen LogP contribution in [0.3, 0.4) is 0 Å². The van der Waals surface area contributed by atoms with Crippen LogP contribution in [0.1, 0.15) is 50.0 Å². The van der Waals surface area contributed by atoms with Crippen molar-refractivity contribution in [2.24, 2.45) is 0 Å². The lowest BCUT2D eigenvalue weighted by Gasteiger charge is -2.19. The normalized spacial score (nSPS) is 13.2. The van der Waals surface area contributed by atoms with E-state index in [0.29, 0.717) is 18.5 Å². The van der Waals surface area contributed by atoms with Gasteiger partial charge in [-0.3, -0.25) is 4.79 Å². The second-order valence-corrected chi connectivity index (χ2v) is 5.60. The monoisotopic (exact) mass is 249 g/mol. The van der Waals surface area contributed by atoms with Crippen LogP contribution in [0.5, 0.6) is 0 Å². The molecular formula is C15H23NO2. The molecule has 0 saturated heterocycles. The molecule has 0 spiro atoms. The largest absolute Gasteiger partial charge is 0.391 e. The van der Waals surface area contributed by atoms with Gasteiger partial charge in [0.2, 0.25) is 0 Å². The summed E-state index contributed by atoms with van der Waals surface area (Å²) in [5.74, 6) is -0.136. The third kappa shape index (κ3) is 4.15. The smallest absolute Gasteiger partial charge is 0.251 e. The second-order valence-electron chi connectivity index (χ2n) is 5.60. The molecule has 1 rings (SSSR count). The molecule has 0 aliphatic rings. The maximum Gasteiger partial charge on any atom is 0.251 e. The number of carbonyl (C=O) groups is 1. The van der Waals surface area contributed by atoms with Gasteiger partial charge in [-0.2, -0.15) is 0 Å². The van der Waals surface area contributed by atoms with Crippen LogP contribution in [0.2, 0.25) is 0 Å². The highest BCUT2D eigenvalue weighted by Crippen LogP contribution is 2.22. The molecule has 0 fully saturated rings. The van der Waals surface area contributed by atoms with E-state index in [0.717, 1.165) is 0 Å². The summed E-state index contributed by atoms with van der Waals surface area (Å²) in [4.78, 5) is 11.8. The second kappa shape index (κ2) is 6.01. The molecule has 1 atom stereocenters. The van der Waals surface area contributed by atoms with E-state index in [1.807, 2.05) is 31.2 Å². The number of hydrogen-bond donors (Lipinski definition) is 2. The van der Waals surface area contributed by atoms with E-state index < -0.39 is 6.10 Å². The number of benzene rings is 1. The van der Waals surface area contributed by atoms with Crippen molar-refractivity contribution in [3.8, 4) is 0 Å². The predicted molar refractivity (Wildman–Crippen MR) is 73.8 cm³/mol. The number of nitrogens with one attached hydrogen (secondary N) is 1. The van der Waals surface area contributed by atoms with Crippen molar-refractivity contribution in [3.05, 3.63) is 35.4 Å². The van der Waals surface area contributed by atoms with Crippen molar-refractivity contribution < 1.29 is 9.90 Å². The number of aliphatic hydroxyl groups excluding tert-OH is 1. The average Bonchev–Trinajstić information content (AvgIpc) is 2.34. The van der Waals surface area contributed by atoms with Gasteiger partial charge < -0.3 is 10.4 Å². The molecule has 1 amide bonds. The van der Waals surface area contributed by atoms with Gasteiger partial charge in [-0.1, -0.05) is 39.8 Å². The lowest BCUT2D eigenvalue weighted by atomic mass is 9.87. The first-order valence-electron chi connectivity index (χ1n) is 6.41. The minimum absolute atomic E-state index is 0.0907. The van der Waals surface area contributed by atoms with Crippen LogP contribution in [0, 0.1) is 0 Å². The summed E-state index contributed by atoms with van der Waals surface area (Å²) in [6.07, 6.45) is 0.172. The summed E-state index contributed by atoms with van der Waals surface area (Å²) in [6, 6.07) is 7.61. The first-order valence-corrected chi connectivity index (χ1v) is 6.41. The first kappa shape index (κ1) is 14.7. The van der Waals surface area contributed by atoms with Gasteiger partial charge in [-0.05, 0) is 29.5 Å². The number of hydrogen-bond acceptors (Lipinski definition) is 2. The van der Waals surface area contributed by atoms with Crippen LogP contribution in [-0.2, 0) is 5.41 Å². The Labute approximate surface area is 109 Å². The Hall–Kier alpha value is -1.35. The highest BCUT2D eigenvalue weighted by Gasteiger charge is 2.14. The molecule has 0 aliphatic carbocycles. The van der Waals surface area contributed by atoms with E-state index in [-0.39, 0.29) is 11.3 Å². The zero-order valence-electron chi connectivity index (χ0n) is 11.7. The molecule has 18 heavy (non-hydrogen) atoms. The average molecular weight is 249 g/mol. The lowest BCUT2D eigenvalue weighted by Crippen LogP contribution is -2.31. The van der Waals surface area contributed by atoms with E-state index in [2.05, 4.69) is 26.1 Å². The number of carbonyl (C=O) groups excluding carboxylic acids is 1. The molecule has 0 saturated carbocycles. The molecule has 0 aliphatic heterocycles. The Balaban J connectivity index is 2.65. The molecule has 3 heteroatoms. The maximum atomic E-state index is 11.8. The summed E-state index contributed by atoms with van der Waals surface area (Å²) < 4.78 is 0. The van der Waals surface area contributed by atoms with Gasteiger partial charge in [-0.15, -0.1) is 0 Å². The highest BCUT2D eigenvalue weighted by molar-refractivity contribution is 5.94. The molecule has 0 radical (unpaired) electrons. The van der Waals surface area contributed by atoms with E-state index in [4.69, 9.17) is 0 Å². The number of amides is 1. The Morgan fingerprint density at radius 2 is 1.83 bits per heavy atom. The zero-order valence-corrected chi connectivity index (χ0v) is 11.7. The Kier molecular flexibility index (Phi) is 4.91. The van der Waals surface area contributed by atoms with Crippen molar-refractivity contribution in [1.29, 1.82) is 0 Å². The summed E-state index contributed by atoms with van der Waals surface area (Å²) in [7, 11) is 0. The standard InChI is InChI=1S/C15H23NO2/c1-5-13(17)10-16-14(18)11-6-8-12(9-7-11)15(2,3)4/h6-9,13,17H,5,10H2,1-4H3,(H,16,18). The van der Waals surface area contributed by atoms with Gasteiger partial charge in [-0.25, -0.2) is 0 Å². The van der Waals surface area contributed by atoms with E-state index in [1.54, 1.807) is 0 Å².